The van der Waals surface area contributed by atoms with E-state index in [0.717, 1.165) is 6.07 Å². The molecule has 0 bridgehead atoms. The van der Waals surface area contributed by atoms with Crippen LogP contribution in [0.2, 0.25) is 0 Å². The number of carbonyl (C=O) groups is 1. The first-order chi connectivity index (χ1) is 6.46. The third kappa shape index (κ3) is 2.13. The van der Waals surface area contributed by atoms with Gasteiger partial charge in [0.15, 0.2) is 0 Å². The van der Waals surface area contributed by atoms with E-state index in [2.05, 4.69) is 0 Å². The molecule has 76 valence electrons. The molecular weight excluding hydrogens is 193 g/mol. The molecular formula is C10H9F3O. The highest BCUT2D eigenvalue weighted by Gasteiger charge is 2.33. The van der Waals surface area contributed by atoms with Crippen molar-refractivity contribution in [2.45, 2.75) is 19.0 Å². The molecule has 1 atom stereocenters. The van der Waals surface area contributed by atoms with E-state index in [1.807, 2.05) is 0 Å². The van der Waals surface area contributed by atoms with Crippen LogP contribution in [0.15, 0.2) is 24.3 Å². The van der Waals surface area contributed by atoms with Gasteiger partial charge in [0.25, 0.3) is 0 Å². The van der Waals surface area contributed by atoms with Crippen molar-refractivity contribution in [2.24, 2.45) is 0 Å². The molecule has 0 amide bonds. The second-order valence-corrected chi connectivity index (χ2v) is 3.01. The molecule has 0 aliphatic carbocycles. The maximum absolute atomic E-state index is 12.4. The Balaban J connectivity index is 3.22. The summed E-state index contributed by atoms with van der Waals surface area (Å²) >= 11 is 0. The molecule has 0 aliphatic rings. The van der Waals surface area contributed by atoms with Gasteiger partial charge >= 0.3 is 6.18 Å². The van der Waals surface area contributed by atoms with Crippen LogP contribution in [0.5, 0.6) is 0 Å². The number of halogens is 3. The lowest BCUT2D eigenvalue weighted by atomic mass is 9.97. The second kappa shape index (κ2) is 3.82. The first kappa shape index (κ1) is 10.8. The Morgan fingerprint density at radius 3 is 2.36 bits per heavy atom. The van der Waals surface area contributed by atoms with Crippen LogP contribution in [0.4, 0.5) is 13.2 Å². The lowest BCUT2D eigenvalue weighted by molar-refractivity contribution is -0.138. The fraction of sp³-hybridized carbons (Fsp3) is 0.300. The highest BCUT2D eigenvalue weighted by molar-refractivity contribution is 5.62. The molecule has 0 aliphatic heterocycles. The summed E-state index contributed by atoms with van der Waals surface area (Å²) in [5, 5.41) is 0. The minimum absolute atomic E-state index is 0.0231. The number of carbonyl (C=O) groups excluding carboxylic acids is 1. The zero-order valence-corrected chi connectivity index (χ0v) is 7.51. The van der Waals surface area contributed by atoms with Gasteiger partial charge < -0.3 is 4.79 Å². The van der Waals surface area contributed by atoms with E-state index in [1.54, 1.807) is 0 Å². The van der Waals surface area contributed by atoms with Gasteiger partial charge in [-0.2, -0.15) is 13.2 Å². The van der Waals surface area contributed by atoms with E-state index in [-0.39, 0.29) is 5.56 Å². The van der Waals surface area contributed by atoms with Gasteiger partial charge in [0.05, 0.1) is 5.56 Å². The van der Waals surface area contributed by atoms with Crippen molar-refractivity contribution in [2.75, 3.05) is 0 Å². The molecule has 0 aromatic heterocycles. The van der Waals surface area contributed by atoms with E-state index < -0.39 is 17.7 Å². The summed E-state index contributed by atoms with van der Waals surface area (Å²) in [6.45, 7) is 1.44. The molecule has 0 heterocycles. The normalized spacial score (nSPS) is 13.7. The van der Waals surface area contributed by atoms with Crippen molar-refractivity contribution in [1.82, 2.24) is 0 Å². The van der Waals surface area contributed by atoms with Crippen molar-refractivity contribution in [3.8, 4) is 0 Å². The van der Waals surface area contributed by atoms with Gasteiger partial charge in [-0.1, -0.05) is 25.1 Å². The van der Waals surface area contributed by atoms with Crippen molar-refractivity contribution in [3.05, 3.63) is 35.4 Å². The van der Waals surface area contributed by atoms with Crippen LogP contribution in [0.25, 0.3) is 0 Å². The Kier molecular flexibility index (Phi) is 2.93. The van der Waals surface area contributed by atoms with Gasteiger partial charge in [-0.3, -0.25) is 0 Å². The number of hydrogen-bond donors (Lipinski definition) is 0. The molecule has 0 saturated carbocycles. The van der Waals surface area contributed by atoms with Gasteiger partial charge in [0.2, 0.25) is 0 Å². The summed E-state index contributed by atoms with van der Waals surface area (Å²) in [6.07, 6.45) is -3.89. The number of benzene rings is 1. The summed E-state index contributed by atoms with van der Waals surface area (Å²) < 4.78 is 37.3. The van der Waals surface area contributed by atoms with E-state index >= 15 is 0 Å². The topological polar surface area (TPSA) is 17.1 Å². The molecule has 0 spiro atoms. The monoisotopic (exact) mass is 202 g/mol. The molecule has 1 nitrogen and oxygen atoms in total. The third-order valence-corrected chi connectivity index (χ3v) is 1.96. The van der Waals surface area contributed by atoms with Crippen LogP contribution in [-0.2, 0) is 11.0 Å². The maximum atomic E-state index is 12.4. The largest absolute Gasteiger partial charge is 0.416 e. The molecule has 0 fully saturated rings. The minimum atomic E-state index is -4.39. The van der Waals surface area contributed by atoms with Crippen LogP contribution in [0.3, 0.4) is 0 Å². The summed E-state index contributed by atoms with van der Waals surface area (Å²) in [4.78, 5) is 10.4. The lowest BCUT2D eigenvalue weighted by Gasteiger charge is -2.13. The van der Waals surface area contributed by atoms with E-state index in [1.165, 1.54) is 25.1 Å². The zero-order valence-electron chi connectivity index (χ0n) is 7.51. The average molecular weight is 202 g/mol. The number of hydrogen-bond acceptors (Lipinski definition) is 1. The fourth-order valence-electron chi connectivity index (χ4n) is 1.23. The number of rotatable bonds is 2. The molecule has 1 aromatic rings. The molecule has 1 unspecified atom stereocenters. The van der Waals surface area contributed by atoms with E-state index in [0.29, 0.717) is 6.29 Å². The van der Waals surface area contributed by atoms with Gasteiger partial charge in [-0.25, -0.2) is 0 Å². The van der Waals surface area contributed by atoms with Crippen molar-refractivity contribution < 1.29 is 18.0 Å². The molecule has 0 saturated heterocycles. The Bertz CT molecular complexity index is 330. The Morgan fingerprint density at radius 1 is 1.29 bits per heavy atom. The Labute approximate surface area is 79.5 Å². The predicted octanol–water partition coefficient (Wildman–Crippen LogP) is 3.01. The smallest absolute Gasteiger partial charge is 0.303 e. The van der Waals surface area contributed by atoms with Gasteiger partial charge in [0.1, 0.15) is 6.29 Å². The zero-order chi connectivity index (χ0) is 10.8. The van der Waals surface area contributed by atoms with Crippen LogP contribution < -0.4 is 0 Å². The van der Waals surface area contributed by atoms with Gasteiger partial charge in [0, 0.05) is 5.92 Å². The molecule has 4 heteroatoms. The Morgan fingerprint density at radius 2 is 1.86 bits per heavy atom. The summed E-state index contributed by atoms with van der Waals surface area (Å²) in [5.74, 6) is -0.729. The highest BCUT2D eigenvalue weighted by atomic mass is 19.4. The Hall–Kier alpha value is -1.32. The fourth-order valence-corrected chi connectivity index (χ4v) is 1.23. The van der Waals surface area contributed by atoms with Gasteiger partial charge in [-0.15, -0.1) is 0 Å². The molecule has 0 radical (unpaired) electrons. The quantitative estimate of drug-likeness (QED) is 0.674. The maximum Gasteiger partial charge on any atom is 0.416 e. The SMILES string of the molecule is CC(C=O)c1ccccc1C(F)(F)F. The van der Waals surface area contributed by atoms with Gasteiger partial charge in [-0.05, 0) is 11.6 Å². The van der Waals surface area contributed by atoms with Crippen molar-refractivity contribution >= 4 is 6.29 Å². The van der Waals surface area contributed by atoms with Crippen molar-refractivity contribution in [3.63, 3.8) is 0 Å². The molecule has 1 aromatic carbocycles. The summed E-state index contributed by atoms with van der Waals surface area (Å²) in [6, 6.07) is 5.10. The number of alkyl halides is 3. The van der Waals surface area contributed by atoms with Crippen LogP contribution >= 0.6 is 0 Å². The second-order valence-electron chi connectivity index (χ2n) is 3.01. The average Bonchev–Trinajstić information content (AvgIpc) is 2.15. The predicted molar refractivity (Wildman–Crippen MR) is 45.9 cm³/mol. The first-order valence-electron chi connectivity index (χ1n) is 4.08. The molecule has 14 heavy (non-hydrogen) atoms. The molecule has 0 N–H and O–H groups in total. The highest BCUT2D eigenvalue weighted by Crippen LogP contribution is 2.34. The van der Waals surface area contributed by atoms with E-state index in [9.17, 15) is 18.0 Å². The van der Waals surface area contributed by atoms with Crippen LogP contribution in [-0.4, -0.2) is 6.29 Å². The summed E-state index contributed by atoms with van der Waals surface area (Å²) in [7, 11) is 0. The van der Waals surface area contributed by atoms with Crippen LogP contribution in [0.1, 0.15) is 24.0 Å². The summed E-state index contributed by atoms with van der Waals surface area (Å²) in [5.41, 5.74) is -0.713. The third-order valence-electron chi connectivity index (χ3n) is 1.96. The molecule has 1 rings (SSSR count). The minimum Gasteiger partial charge on any atom is -0.303 e. The number of aldehydes is 1. The van der Waals surface area contributed by atoms with Crippen molar-refractivity contribution in [1.29, 1.82) is 0 Å². The lowest BCUT2D eigenvalue weighted by Crippen LogP contribution is -2.11. The first-order valence-corrected chi connectivity index (χ1v) is 4.08. The standard InChI is InChI=1S/C10H9F3O/c1-7(6-14)8-4-2-3-5-9(8)10(11,12)13/h2-7H,1H3. The van der Waals surface area contributed by atoms with E-state index in [4.69, 9.17) is 0 Å². The van der Waals surface area contributed by atoms with Crippen LogP contribution in [0, 0.1) is 0 Å².